The number of hydrogen-bond donors (Lipinski definition) is 0. The molecule has 1 heterocycles. The number of aliphatic imine (C=N–C) groups is 1. The number of fused-ring (bicyclic) bond motifs is 1. The van der Waals surface area contributed by atoms with Crippen LogP contribution in [0.4, 0.5) is 0 Å². The lowest BCUT2D eigenvalue weighted by Crippen LogP contribution is -1.97. The van der Waals surface area contributed by atoms with Gasteiger partial charge in [-0.2, -0.15) is 0 Å². The predicted octanol–water partition coefficient (Wildman–Crippen LogP) is 3.49. The van der Waals surface area contributed by atoms with E-state index in [1.165, 1.54) is 6.20 Å². The topological polar surface area (TPSA) is 42.3 Å². The molecule has 0 unspecified atom stereocenters. The lowest BCUT2D eigenvalue weighted by molar-refractivity contribution is 0.100. The molecule has 0 saturated heterocycles. The second-order valence-corrected chi connectivity index (χ2v) is 4.40. The summed E-state index contributed by atoms with van der Waals surface area (Å²) in [5.74, 6) is -0.473. The molecule has 1 amide bonds. The summed E-state index contributed by atoms with van der Waals surface area (Å²) < 4.78 is 0.875. The summed E-state index contributed by atoms with van der Waals surface area (Å²) in [6.45, 7) is 3.18. The molecule has 1 aromatic carbocycles. The SMILES string of the molecule is C=NC(=O)c1cnc2ccc(Br)cc2c1Cl. The van der Waals surface area contributed by atoms with E-state index >= 15 is 0 Å². The Labute approximate surface area is 105 Å². The van der Waals surface area contributed by atoms with Crippen LogP contribution in [0.2, 0.25) is 5.02 Å². The summed E-state index contributed by atoms with van der Waals surface area (Å²) in [6, 6.07) is 5.49. The Morgan fingerprint density at radius 2 is 2.25 bits per heavy atom. The molecule has 5 heteroatoms. The zero-order chi connectivity index (χ0) is 11.7. The minimum atomic E-state index is -0.473. The van der Waals surface area contributed by atoms with Gasteiger partial charge in [-0.1, -0.05) is 27.5 Å². The van der Waals surface area contributed by atoms with Gasteiger partial charge < -0.3 is 0 Å². The number of aromatic nitrogens is 1. The van der Waals surface area contributed by atoms with E-state index in [1.54, 1.807) is 0 Å². The number of halogens is 2. The van der Waals surface area contributed by atoms with Crippen LogP contribution in [0.25, 0.3) is 10.9 Å². The minimum Gasteiger partial charge on any atom is -0.267 e. The average molecular weight is 298 g/mol. The van der Waals surface area contributed by atoms with Crippen LogP contribution in [-0.4, -0.2) is 17.6 Å². The van der Waals surface area contributed by atoms with E-state index in [2.05, 4.69) is 32.6 Å². The zero-order valence-corrected chi connectivity index (χ0v) is 10.4. The Bertz CT molecular complexity index is 598. The molecule has 0 spiro atoms. The molecule has 3 nitrogen and oxygen atoms in total. The van der Waals surface area contributed by atoms with Crippen molar-refractivity contribution in [1.82, 2.24) is 4.98 Å². The summed E-state index contributed by atoms with van der Waals surface area (Å²) in [5, 5.41) is 1.06. The Kier molecular flexibility index (Phi) is 3.03. The van der Waals surface area contributed by atoms with Crippen LogP contribution in [0.3, 0.4) is 0 Å². The number of nitrogens with zero attached hydrogens (tertiary/aromatic N) is 2. The van der Waals surface area contributed by atoms with Crippen LogP contribution in [0.5, 0.6) is 0 Å². The molecule has 0 saturated carbocycles. The van der Waals surface area contributed by atoms with Gasteiger partial charge in [0, 0.05) is 16.1 Å². The molecule has 0 N–H and O–H groups in total. The Hall–Kier alpha value is -1.26. The summed E-state index contributed by atoms with van der Waals surface area (Å²) >= 11 is 9.46. The van der Waals surface area contributed by atoms with Gasteiger partial charge in [-0.05, 0) is 24.9 Å². The fourth-order valence-corrected chi connectivity index (χ4v) is 2.01. The van der Waals surface area contributed by atoms with Gasteiger partial charge in [0.1, 0.15) is 0 Å². The van der Waals surface area contributed by atoms with Gasteiger partial charge in [0.15, 0.2) is 0 Å². The van der Waals surface area contributed by atoms with Gasteiger partial charge in [0.25, 0.3) is 5.91 Å². The second-order valence-electron chi connectivity index (χ2n) is 3.11. The van der Waals surface area contributed by atoms with Crippen LogP contribution in [-0.2, 0) is 0 Å². The maximum Gasteiger partial charge on any atom is 0.279 e. The van der Waals surface area contributed by atoms with Crippen molar-refractivity contribution < 1.29 is 4.79 Å². The van der Waals surface area contributed by atoms with Gasteiger partial charge in [-0.15, -0.1) is 0 Å². The molecule has 0 fully saturated rings. The highest BCUT2D eigenvalue weighted by molar-refractivity contribution is 9.10. The lowest BCUT2D eigenvalue weighted by Gasteiger charge is -2.04. The Morgan fingerprint density at radius 3 is 2.94 bits per heavy atom. The highest BCUT2D eigenvalue weighted by Crippen LogP contribution is 2.28. The van der Waals surface area contributed by atoms with E-state index in [0.29, 0.717) is 10.4 Å². The number of pyridine rings is 1. The third kappa shape index (κ3) is 1.86. The van der Waals surface area contributed by atoms with Gasteiger partial charge in [0.2, 0.25) is 0 Å². The minimum absolute atomic E-state index is 0.266. The van der Waals surface area contributed by atoms with Crippen LogP contribution in [0, 0.1) is 0 Å². The van der Waals surface area contributed by atoms with Gasteiger partial charge in [0.05, 0.1) is 16.1 Å². The first-order chi connectivity index (χ1) is 7.63. The second kappa shape index (κ2) is 4.31. The third-order valence-electron chi connectivity index (χ3n) is 2.14. The lowest BCUT2D eigenvalue weighted by atomic mass is 10.1. The number of carbonyl (C=O) groups excluding carboxylic acids is 1. The van der Waals surface area contributed by atoms with Gasteiger partial charge >= 0.3 is 0 Å². The Balaban J connectivity index is 2.77. The smallest absolute Gasteiger partial charge is 0.267 e. The van der Waals surface area contributed by atoms with E-state index in [-0.39, 0.29) is 5.56 Å². The number of benzene rings is 1. The van der Waals surface area contributed by atoms with E-state index < -0.39 is 5.91 Å². The first-order valence-electron chi connectivity index (χ1n) is 4.38. The molecule has 0 aliphatic carbocycles. The zero-order valence-electron chi connectivity index (χ0n) is 8.08. The normalized spacial score (nSPS) is 10.4. The molecule has 0 atom stereocenters. The summed E-state index contributed by atoms with van der Waals surface area (Å²) in [6.07, 6.45) is 1.41. The molecule has 0 aliphatic rings. The van der Waals surface area contributed by atoms with Crippen LogP contribution >= 0.6 is 27.5 Å². The molecule has 1 aromatic heterocycles. The van der Waals surface area contributed by atoms with Crippen molar-refractivity contribution in [3.8, 4) is 0 Å². The predicted molar refractivity (Wildman–Crippen MR) is 68.3 cm³/mol. The largest absolute Gasteiger partial charge is 0.279 e. The fourth-order valence-electron chi connectivity index (χ4n) is 1.37. The van der Waals surface area contributed by atoms with Crippen molar-refractivity contribution in [2.45, 2.75) is 0 Å². The maximum atomic E-state index is 11.4. The quantitative estimate of drug-likeness (QED) is 0.756. The van der Waals surface area contributed by atoms with Crippen molar-refractivity contribution in [1.29, 1.82) is 0 Å². The summed E-state index contributed by atoms with van der Waals surface area (Å²) in [5.41, 5.74) is 0.996. The molecule has 2 aromatic rings. The molecule has 2 rings (SSSR count). The summed E-state index contributed by atoms with van der Waals surface area (Å²) in [7, 11) is 0. The monoisotopic (exact) mass is 296 g/mol. The number of amides is 1. The summed E-state index contributed by atoms with van der Waals surface area (Å²) in [4.78, 5) is 18.9. The number of rotatable bonds is 1. The van der Waals surface area contributed by atoms with E-state index in [1.807, 2.05) is 18.2 Å². The standard InChI is InChI=1S/C11H6BrClN2O/c1-14-11(16)8-5-15-9-3-2-6(12)4-7(9)10(8)13/h2-5H,1H2. The van der Waals surface area contributed by atoms with E-state index in [0.717, 1.165) is 9.99 Å². The van der Waals surface area contributed by atoms with Crippen molar-refractivity contribution >= 4 is 51.1 Å². The molecule has 0 aliphatic heterocycles. The van der Waals surface area contributed by atoms with Crippen LogP contribution in [0.15, 0.2) is 33.9 Å². The Morgan fingerprint density at radius 1 is 1.50 bits per heavy atom. The number of carbonyl (C=O) groups is 1. The molecule has 80 valence electrons. The highest BCUT2D eigenvalue weighted by Gasteiger charge is 2.12. The van der Waals surface area contributed by atoms with Crippen molar-refractivity contribution in [3.63, 3.8) is 0 Å². The third-order valence-corrected chi connectivity index (χ3v) is 3.04. The molecular weight excluding hydrogens is 291 g/mol. The maximum absolute atomic E-state index is 11.4. The van der Waals surface area contributed by atoms with Crippen molar-refractivity contribution in [2.75, 3.05) is 0 Å². The van der Waals surface area contributed by atoms with Gasteiger partial charge in [-0.3, -0.25) is 9.78 Å². The molecule has 0 bridgehead atoms. The van der Waals surface area contributed by atoms with Crippen LogP contribution in [0.1, 0.15) is 10.4 Å². The molecule has 0 radical (unpaired) electrons. The van der Waals surface area contributed by atoms with Gasteiger partial charge in [-0.25, -0.2) is 4.99 Å². The molecular formula is C11H6BrClN2O. The number of hydrogen-bond acceptors (Lipinski definition) is 2. The first-order valence-corrected chi connectivity index (χ1v) is 5.55. The molecule has 16 heavy (non-hydrogen) atoms. The van der Waals surface area contributed by atoms with Crippen molar-refractivity contribution in [2.24, 2.45) is 4.99 Å². The van der Waals surface area contributed by atoms with Crippen molar-refractivity contribution in [3.05, 3.63) is 39.5 Å². The highest BCUT2D eigenvalue weighted by atomic mass is 79.9. The van der Waals surface area contributed by atoms with E-state index in [9.17, 15) is 4.79 Å². The van der Waals surface area contributed by atoms with E-state index in [4.69, 9.17) is 11.6 Å². The fraction of sp³-hybridized carbons (Fsp3) is 0. The average Bonchev–Trinajstić information content (AvgIpc) is 2.29. The van der Waals surface area contributed by atoms with Crippen LogP contribution < -0.4 is 0 Å². The first kappa shape index (κ1) is 11.2.